The van der Waals surface area contributed by atoms with Gasteiger partial charge in [-0.3, -0.25) is 9.69 Å². The molecule has 24 heavy (non-hydrogen) atoms. The van der Waals surface area contributed by atoms with Crippen molar-refractivity contribution in [3.8, 4) is 0 Å². The lowest BCUT2D eigenvalue weighted by atomic mass is 9.98. The number of urea groups is 1. The number of hydrogen-bond acceptors (Lipinski definition) is 3. The standard InChI is InChI=1S/C16H20F2N4O2/c1-9-6-10(19)2-4-21(9)15(23)11-7-14(13(18)8-12(11)17)22-5-3-20-16(22)24/h7-10H,2-6,19H2,1H3,(H,20,24)/t9-,10+/m0/s1. The van der Waals surface area contributed by atoms with Crippen LogP contribution in [0.1, 0.15) is 30.1 Å². The maximum absolute atomic E-state index is 14.2. The number of carbonyl (C=O) groups excluding carboxylic acids is 2. The first-order valence-corrected chi connectivity index (χ1v) is 7.99. The summed E-state index contributed by atoms with van der Waals surface area (Å²) in [5.41, 5.74) is 5.57. The van der Waals surface area contributed by atoms with Crippen molar-refractivity contribution in [2.45, 2.75) is 31.8 Å². The van der Waals surface area contributed by atoms with E-state index in [2.05, 4.69) is 5.32 Å². The van der Waals surface area contributed by atoms with Gasteiger partial charge < -0.3 is 16.0 Å². The van der Waals surface area contributed by atoms with E-state index < -0.39 is 23.6 Å². The predicted molar refractivity (Wildman–Crippen MR) is 84.8 cm³/mol. The molecule has 0 aromatic heterocycles. The Hall–Kier alpha value is -2.22. The highest BCUT2D eigenvalue weighted by Crippen LogP contribution is 2.27. The van der Waals surface area contributed by atoms with E-state index >= 15 is 0 Å². The minimum absolute atomic E-state index is 0.0194. The number of rotatable bonds is 2. The van der Waals surface area contributed by atoms with Gasteiger partial charge in [-0.05, 0) is 25.8 Å². The second kappa shape index (κ2) is 6.35. The summed E-state index contributed by atoms with van der Waals surface area (Å²) in [6, 6.07) is 1.22. The Morgan fingerprint density at radius 3 is 2.67 bits per heavy atom. The summed E-state index contributed by atoms with van der Waals surface area (Å²) in [6.45, 7) is 2.93. The first-order valence-electron chi connectivity index (χ1n) is 7.99. The van der Waals surface area contributed by atoms with E-state index in [0.717, 1.165) is 6.07 Å². The van der Waals surface area contributed by atoms with E-state index in [1.165, 1.54) is 4.90 Å². The fourth-order valence-corrected chi connectivity index (χ4v) is 3.27. The number of amides is 3. The summed E-state index contributed by atoms with van der Waals surface area (Å²) >= 11 is 0. The molecule has 0 bridgehead atoms. The summed E-state index contributed by atoms with van der Waals surface area (Å²) in [7, 11) is 0. The second-order valence-electron chi connectivity index (χ2n) is 6.30. The van der Waals surface area contributed by atoms with Crippen molar-refractivity contribution in [2.75, 3.05) is 24.5 Å². The molecule has 2 aliphatic rings. The summed E-state index contributed by atoms with van der Waals surface area (Å²) in [5, 5.41) is 2.55. The van der Waals surface area contributed by atoms with Crippen LogP contribution in [0.4, 0.5) is 19.3 Å². The minimum Gasteiger partial charge on any atom is -0.336 e. The minimum atomic E-state index is -0.928. The highest BCUT2D eigenvalue weighted by Gasteiger charge is 2.31. The first-order chi connectivity index (χ1) is 11.4. The van der Waals surface area contributed by atoms with Crippen molar-refractivity contribution in [3.63, 3.8) is 0 Å². The van der Waals surface area contributed by atoms with Gasteiger partial charge in [0.1, 0.15) is 11.6 Å². The number of carbonyl (C=O) groups is 2. The number of hydrogen-bond donors (Lipinski definition) is 2. The van der Waals surface area contributed by atoms with E-state index in [9.17, 15) is 18.4 Å². The molecule has 1 aromatic rings. The molecule has 0 saturated carbocycles. The molecule has 0 aliphatic carbocycles. The number of anilines is 1. The molecule has 3 N–H and O–H groups in total. The lowest BCUT2D eigenvalue weighted by Crippen LogP contribution is -2.48. The highest BCUT2D eigenvalue weighted by molar-refractivity contribution is 5.99. The van der Waals surface area contributed by atoms with Crippen LogP contribution >= 0.6 is 0 Å². The molecule has 2 heterocycles. The largest absolute Gasteiger partial charge is 0.336 e. The summed E-state index contributed by atoms with van der Waals surface area (Å²) in [5.74, 6) is -2.30. The lowest BCUT2D eigenvalue weighted by molar-refractivity contribution is 0.0614. The number of halogens is 2. The van der Waals surface area contributed by atoms with Gasteiger partial charge >= 0.3 is 6.03 Å². The van der Waals surface area contributed by atoms with E-state index in [-0.39, 0.29) is 29.9 Å². The van der Waals surface area contributed by atoms with Crippen LogP contribution in [0.25, 0.3) is 0 Å². The molecular formula is C16H20F2N4O2. The number of nitrogens with two attached hydrogens (primary N) is 1. The predicted octanol–water partition coefficient (Wildman–Crippen LogP) is 1.45. The zero-order valence-corrected chi connectivity index (χ0v) is 13.4. The third-order valence-corrected chi connectivity index (χ3v) is 4.59. The van der Waals surface area contributed by atoms with Crippen LogP contribution in [0.3, 0.4) is 0 Å². The molecule has 1 aromatic carbocycles. The van der Waals surface area contributed by atoms with Gasteiger partial charge in [-0.25, -0.2) is 13.6 Å². The van der Waals surface area contributed by atoms with Crippen LogP contribution < -0.4 is 16.0 Å². The second-order valence-corrected chi connectivity index (χ2v) is 6.30. The number of benzene rings is 1. The molecule has 2 aliphatic heterocycles. The van der Waals surface area contributed by atoms with Gasteiger partial charge in [0, 0.05) is 37.8 Å². The average molecular weight is 338 g/mol. The Bertz CT molecular complexity index is 682. The van der Waals surface area contributed by atoms with Crippen LogP contribution in [0.5, 0.6) is 0 Å². The highest BCUT2D eigenvalue weighted by atomic mass is 19.1. The maximum Gasteiger partial charge on any atom is 0.322 e. The molecule has 2 saturated heterocycles. The van der Waals surface area contributed by atoms with Crippen LogP contribution in [0.2, 0.25) is 0 Å². The molecule has 2 atom stereocenters. The average Bonchev–Trinajstić information content (AvgIpc) is 2.93. The van der Waals surface area contributed by atoms with Crippen molar-refractivity contribution in [3.05, 3.63) is 29.3 Å². The molecule has 8 heteroatoms. The molecule has 0 radical (unpaired) electrons. The Morgan fingerprint density at radius 2 is 2.04 bits per heavy atom. The first kappa shape index (κ1) is 16.6. The molecule has 0 unspecified atom stereocenters. The number of nitrogens with zero attached hydrogens (tertiary/aromatic N) is 2. The van der Waals surface area contributed by atoms with E-state index in [0.29, 0.717) is 32.0 Å². The van der Waals surface area contributed by atoms with Gasteiger partial charge in [0.15, 0.2) is 0 Å². The van der Waals surface area contributed by atoms with Crippen molar-refractivity contribution in [1.82, 2.24) is 10.2 Å². The molecule has 3 rings (SSSR count). The van der Waals surface area contributed by atoms with Gasteiger partial charge in [0.2, 0.25) is 0 Å². The van der Waals surface area contributed by atoms with E-state index in [4.69, 9.17) is 5.73 Å². The van der Waals surface area contributed by atoms with Crippen LogP contribution in [-0.2, 0) is 0 Å². The lowest BCUT2D eigenvalue weighted by Gasteiger charge is -2.36. The normalized spacial score (nSPS) is 24.2. The van der Waals surface area contributed by atoms with Gasteiger partial charge in [0.05, 0.1) is 11.3 Å². The quantitative estimate of drug-likeness (QED) is 0.857. The Kier molecular flexibility index (Phi) is 4.40. The molecule has 0 spiro atoms. The van der Waals surface area contributed by atoms with Gasteiger partial charge in [-0.2, -0.15) is 0 Å². The molecule has 3 amide bonds. The van der Waals surface area contributed by atoms with Crippen LogP contribution in [0.15, 0.2) is 12.1 Å². The zero-order chi connectivity index (χ0) is 17.4. The maximum atomic E-state index is 14.2. The van der Waals surface area contributed by atoms with Crippen molar-refractivity contribution >= 4 is 17.6 Å². The molecule has 2 fully saturated rings. The fraction of sp³-hybridized carbons (Fsp3) is 0.500. The number of piperidine rings is 1. The molecular weight excluding hydrogens is 318 g/mol. The summed E-state index contributed by atoms with van der Waals surface area (Å²) in [4.78, 5) is 27.1. The molecule has 6 nitrogen and oxygen atoms in total. The van der Waals surface area contributed by atoms with Gasteiger partial charge in [-0.15, -0.1) is 0 Å². The monoisotopic (exact) mass is 338 g/mol. The Morgan fingerprint density at radius 1 is 1.29 bits per heavy atom. The van der Waals surface area contributed by atoms with Crippen LogP contribution in [-0.4, -0.2) is 48.6 Å². The number of likely N-dealkylation sites (tertiary alicyclic amines) is 1. The van der Waals surface area contributed by atoms with Crippen LogP contribution in [0, 0.1) is 11.6 Å². The van der Waals surface area contributed by atoms with E-state index in [1.807, 2.05) is 6.92 Å². The van der Waals surface area contributed by atoms with Crippen molar-refractivity contribution in [1.29, 1.82) is 0 Å². The summed E-state index contributed by atoms with van der Waals surface area (Å²) in [6.07, 6.45) is 1.27. The zero-order valence-electron chi connectivity index (χ0n) is 13.4. The SMILES string of the molecule is C[C@H]1C[C@H](N)CCN1C(=O)c1cc(N2CCNC2=O)c(F)cc1F. The smallest absolute Gasteiger partial charge is 0.322 e. The number of nitrogens with one attached hydrogen (secondary N) is 1. The molecule has 130 valence electrons. The third kappa shape index (κ3) is 2.93. The van der Waals surface area contributed by atoms with E-state index in [1.54, 1.807) is 4.90 Å². The third-order valence-electron chi connectivity index (χ3n) is 4.59. The Balaban J connectivity index is 1.92. The summed E-state index contributed by atoms with van der Waals surface area (Å²) < 4.78 is 28.3. The fourth-order valence-electron chi connectivity index (χ4n) is 3.27. The Labute approximate surface area is 138 Å². The van der Waals surface area contributed by atoms with Crippen molar-refractivity contribution in [2.24, 2.45) is 5.73 Å². The van der Waals surface area contributed by atoms with Gasteiger partial charge in [0.25, 0.3) is 5.91 Å². The van der Waals surface area contributed by atoms with Gasteiger partial charge in [-0.1, -0.05) is 0 Å². The van der Waals surface area contributed by atoms with Crippen molar-refractivity contribution < 1.29 is 18.4 Å². The topological polar surface area (TPSA) is 78.7 Å².